The highest BCUT2D eigenvalue weighted by atomic mass is 16.5. The number of benzene rings is 7. The molecule has 3 heterocycles. The summed E-state index contributed by atoms with van der Waals surface area (Å²) in [6.45, 7) is 12.3. The molecule has 0 fully saturated rings. The minimum Gasteiger partial charge on any atom is -0.457 e. The zero-order chi connectivity index (χ0) is 35.7. The van der Waals surface area contributed by atoms with Gasteiger partial charge >= 0.3 is 0 Å². The summed E-state index contributed by atoms with van der Waals surface area (Å²) in [4.78, 5) is 8.46. The molecule has 2 aromatic heterocycles. The van der Waals surface area contributed by atoms with Crippen LogP contribution in [0.3, 0.4) is 0 Å². The van der Waals surface area contributed by atoms with E-state index in [0.29, 0.717) is 5.69 Å². The van der Waals surface area contributed by atoms with Crippen molar-refractivity contribution in [1.29, 1.82) is 0 Å². The number of para-hydroxylation sites is 2. The number of hydrogen-bond donors (Lipinski definition) is 0. The number of pyridine rings is 1. The van der Waals surface area contributed by atoms with E-state index < -0.39 is 0 Å². The molecule has 0 spiro atoms. The van der Waals surface area contributed by atoms with Gasteiger partial charge in [0.1, 0.15) is 11.5 Å². The van der Waals surface area contributed by atoms with E-state index in [2.05, 4.69) is 151 Å². The van der Waals surface area contributed by atoms with Gasteiger partial charge in [-0.1, -0.05) is 92.7 Å². The van der Waals surface area contributed by atoms with Gasteiger partial charge in [-0.05, 0) is 112 Å². The minimum atomic E-state index is -0.313. The van der Waals surface area contributed by atoms with Crippen molar-refractivity contribution in [2.45, 2.75) is 19.3 Å². The van der Waals surface area contributed by atoms with Crippen molar-refractivity contribution < 1.29 is 4.74 Å². The molecular weight excluding hydrogens is 647 g/mol. The minimum absolute atomic E-state index is 0.313. The second-order valence-corrected chi connectivity index (χ2v) is 14.4. The van der Waals surface area contributed by atoms with E-state index in [1.807, 2.05) is 36.5 Å². The zero-order valence-electron chi connectivity index (χ0n) is 29.3. The smallest absolute Gasteiger partial charge is 0.188 e. The Morgan fingerprint density at radius 1 is 0.547 bits per heavy atom. The molecule has 0 atom stereocenters. The molecule has 0 saturated heterocycles. The standard InChI is InChI=1S/C49H33N3O/c1-49(2)42-27-34(31-11-9-12-32(24-31)37-25-36-10-7-8-15-44(36)51-30-37)17-22-47(42)53-48-23-18-35(28-43(48)49)33-16-20-45-40(26-33)41-29-38(50-3)19-21-46(41)52(45)39-13-5-4-6-14-39/h4-30H,1-2H3. The fourth-order valence-corrected chi connectivity index (χ4v) is 8.06. The third-order valence-corrected chi connectivity index (χ3v) is 10.9. The number of fused-ring (bicyclic) bond motifs is 6. The highest BCUT2D eigenvalue weighted by Crippen LogP contribution is 2.50. The van der Waals surface area contributed by atoms with Crippen molar-refractivity contribution in [3.8, 4) is 50.6 Å². The van der Waals surface area contributed by atoms with E-state index in [9.17, 15) is 0 Å². The Kier molecular flexibility index (Phi) is 6.86. The molecule has 4 heteroatoms. The van der Waals surface area contributed by atoms with E-state index in [4.69, 9.17) is 16.3 Å². The number of nitrogens with zero attached hydrogens (tertiary/aromatic N) is 3. The van der Waals surface area contributed by atoms with E-state index >= 15 is 0 Å². The SMILES string of the molecule is [C-]#[N+]c1ccc2c(c1)c1cc(-c3ccc4c(c3)C(C)(C)c3cc(-c5cccc(-c6cnc7ccccc7c6)c5)ccc3O4)ccc1n2-c1ccccc1. The molecule has 7 aromatic carbocycles. The highest BCUT2D eigenvalue weighted by molar-refractivity contribution is 6.11. The molecule has 250 valence electrons. The highest BCUT2D eigenvalue weighted by Gasteiger charge is 2.35. The van der Waals surface area contributed by atoms with E-state index in [1.54, 1.807) is 0 Å². The Morgan fingerprint density at radius 2 is 1.15 bits per heavy atom. The fraction of sp³-hybridized carbons (Fsp3) is 0.0612. The third-order valence-electron chi connectivity index (χ3n) is 10.9. The molecule has 10 rings (SSSR count). The van der Waals surface area contributed by atoms with Gasteiger partial charge < -0.3 is 9.30 Å². The normalized spacial score (nSPS) is 13.0. The lowest BCUT2D eigenvalue weighted by Crippen LogP contribution is -2.24. The van der Waals surface area contributed by atoms with Crippen LogP contribution in [-0.4, -0.2) is 9.55 Å². The fourth-order valence-electron chi connectivity index (χ4n) is 8.06. The molecule has 1 aliphatic heterocycles. The number of rotatable bonds is 4. The molecule has 0 amide bonds. The van der Waals surface area contributed by atoms with Gasteiger partial charge in [-0.15, -0.1) is 0 Å². The van der Waals surface area contributed by atoms with Gasteiger partial charge in [-0.2, -0.15) is 0 Å². The monoisotopic (exact) mass is 679 g/mol. The maximum absolute atomic E-state index is 7.69. The largest absolute Gasteiger partial charge is 0.457 e. The van der Waals surface area contributed by atoms with Crippen molar-refractivity contribution in [3.63, 3.8) is 0 Å². The van der Waals surface area contributed by atoms with Crippen molar-refractivity contribution in [1.82, 2.24) is 9.55 Å². The van der Waals surface area contributed by atoms with Crippen LogP contribution in [0.15, 0.2) is 164 Å². The maximum Gasteiger partial charge on any atom is 0.188 e. The quantitative estimate of drug-likeness (QED) is 0.173. The van der Waals surface area contributed by atoms with Crippen LogP contribution in [0, 0.1) is 6.57 Å². The van der Waals surface area contributed by atoms with E-state index in [0.717, 1.165) is 94.4 Å². The molecule has 4 nitrogen and oxygen atoms in total. The second-order valence-electron chi connectivity index (χ2n) is 14.4. The lowest BCUT2D eigenvalue weighted by molar-refractivity contribution is 0.418. The third kappa shape index (κ3) is 5.01. The first kappa shape index (κ1) is 30.8. The van der Waals surface area contributed by atoms with Crippen LogP contribution in [-0.2, 0) is 5.41 Å². The van der Waals surface area contributed by atoms with Crippen LogP contribution in [0.2, 0.25) is 0 Å². The lowest BCUT2D eigenvalue weighted by atomic mass is 9.74. The van der Waals surface area contributed by atoms with Crippen molar-refractivity contribution in [3.05, 3.63) is 186 Å². The molecule has 0 saturated carbocycles. The summed E-state index contributed by atoms with van der Waals surface area (Å²) in [5.41, 5.74) is 13.7. The summed E-state index contributed by atoms with van der Waals surface area (Å²) in [5, 5.41) is 3.33. The molecule has 0 unspecified atom stereocenters. The molecule has 0 bridgehead atoms. The molecular formula is C49H33N3O. The van der Waals surface area contributed by atoms with Crippen LogP contribution in [0.5, 0.6) is 11.5 Å². The predicted octanol–water partition coefficient (Wildman–Crippen LogP) is 13.3. The Morgan fingerprint density at radius 3 is 1.89 bits per heavy atom. The van der Waals surface area contributed by atoms with E-state index in [1.165, 1.54) is 0 Å². The molecule has 53 heavy (non-hydrogen) atoms. The molecule has 9 aromatic rings. The lowest BCUT2D eigenvalue weighted by Gasteiger charge is -2.35. The van der Waals surface area contributed by atoms with Crippen LogP contribution < -0.4 is 4.74 Å². The number of hydrogen-bond acceptors (Lipinski definition) is 2. The Balaban J connectivity index is 1.04. The van der Waals surface area contributed by atoms with Crippen LogP contribution >= 0.6 is 0 Å². The average molecular weight is 680 g/mol. The number of aromatic nitrogens is 2. The van der Waals surface area contributed by atoms with Crippen LogP contribution in [0.1, 0.15) is 25.0 Å². The first-order valence-electron chi connectivity index (χ1n) is 17.9. The van der Waals surface area contributed by atoms with Gasteiger partial charge in [0.05, 0.1) is 23.1 Å². The summed E-state index contributed by atoms with van der Waals surface area (Å²) in [6.07, 6.45) is 1.96. The topological polar surface area (TPSA) is 31.4 Å². The van der Waals surface area contributed by atoms with Gasteiger partial charge in [-0.25, -0.2) is 4.85 Å². The molecule has 0 aliphatic carbocycles. The summed E-state index contributed by atoms with van der Waals surface area (Å²) < 4.78 is 8.88. The molecule has 0 radical (unpaired) electrons. The van der Waals surface area contributed by atoms with Gasteiger partial charge in [0.2, 0.25) is 0 Å². The van der Waals surface area contributed by atoms with E-state index in [-0.39, 0.29) is 5.41 Å². The second kappa shape index (κ2) is 11.8. The first-order chi connectivity index (χ1) is 25.9. The van der Waals surface area contributed by atoms with Crippen LogP contribution in [0.25, 0.3) is 76.6 Å². The van der Waals surface area contributed by atoms with Crippen molar-refractivity contribution >= 4 is 38.4 Å². The van der Waals surface area contributed by atoms with Gasteiger partial charge in [0.25, 0.3) is 0 Å². The van der Waals surface area contributed by atoms with Crippen LogP contribution in [0.4, 0.5) is 5.69 Å². The molecule has 0 N–H and O–H groups in total. The average Bonchev–Trinajstić information content (AvgIpc) is 3.54. The summed E-state index contributed by atoms with van der Waals surface area (Å²) in [6, 6.07) is 55.4. The zero-order valence-corrected chi connectivity index (χ0v) is 29.3. The summed E-state index contributed by atoms with van der Waals surface area (Å²) in [5.74, 6) is 1.77. The summed E-state index contributed by atoms with van der Waals surface area (Å²) >= 11 is 0. The van der Waals surface area contributed by atoms with Crippen molar-refractivity contribution in [2.75, 3.05) is 0 Å². The Labute approximate surface area is 308 Å². The first-order valence-corrected chi connectivity index (χ1v) is 17.9. The van der Waals surface area contributed by atoms with Gasteiger partial charge in [0, 0.05) is 44.8 Å². The Hall–Kier alpha value is -6.96. The van der Waals surface area contributed by atoms with Gasteiger partial charge in [-0.3, -0.25) is 4.98 Å². The van der Waals surface area contributed by atoms with Gasteiger partial charge in [0.15, 0.2) is 5.69 Å². The maximum atomic E-state index is 7.69. The summed E-state index contributed by atoms with van der Waals surface area (Å²) in [7, 11) is 0. The Bertz CT molecular complexity index is 2970. The van der Waals surface area contributed by atoms with Crippen molar-refractivity contribution in [2.24, 2.45) is 0 Å². The molecule has 1 aliphatic rings. The number of ether oxygens (including phenoxy) is 1. The predicted molar refractivity (Wildman–Crippen MR) is 217 cm³/mol.